The van der Waals surface area contributed by atoms with Gasteiger partial charge in [-0.25, -0.2) is 13.1 Å². The highest BCUT2D eigenvalue weighted by molar-refractivity contribution is 7.89. The van der Waals surface area contributed by atoms with Crippen LogP contribution in [0.15, 0.2) is 0 Å². The first-order valence-electron chi connectivity index (χ1n) is 4.14. The molecular formula is C7H15NO4S. The predicted molar refractivity (Wildman–Crippen MR) is 48.7 cm³/mol. The summed E-state index contributed by atoms with van der Waals surface area (Å²) in [5.41, 5.74) is 0. The van der Waals surface area contributed by atoms with E-state index in [1.165, 1.54) is 0 Å². The number of sulfonamides is 1. The van der Waals surface area contributed by atoms with E-state index in [0.29, 0.717) is 6.42 Å². The molecule has 0 saturated heterocycles. The molecule has 6 heteroatoms. The number of hydrogen-bond acceptors (Lipinski definition) is 4. The van der Waals surface area contributed by atoms with Crippen LogP contribution in [0.5, 0.6) is 0 Å². The Morgan fingerprint density at radius 3 is 2.46 bits per heavy atom. The van der Waals surface area contributed by atoms with Crippen LogP contribution in [-0.4, -0.2) is 33.3 Å². The molecule has 0 unspecified atom stereocenters. The summed E-state index contributed by atoms with van der Waals surface area (Å²) < 4.78 is 28.7. The van der Waals surface area contributed by atoms with Crippen molar-refractivity contribution in [3.8, 4) is 0 Å². The first-order valence-corrected chi connectivity index (χ1v) is 5.80. The molecule has 78 valence electrons. The number of carbonyl (C=O) groups is 1. The molecule has 1 N–H and O–H groups in total. The van der Waals surface area contributed by atoms with Crippen LogP contribution >= 0.6 is 0 Å². The fourth-order valence-corrected chi connectivity index (χ4v) is 1.74. The van der Waals surface area contributed by atoms with Crippen molar-refractivity contribution in [3.05, 3.63) is 0 Å². The van der Waals surface area contributed by atoms with E-state index >= 15 is 0 Å². The third kappa shape index (κ3) is 6.53. The number of esters is 1. The number of ether oxygens (including phenoxy) is 1. The van der Waals surface area contributed by atoms with E-state index in [1.54, 1.807) is 13.8 Å². The number of hydrogen-bond donors (Lipinski definition) is 1. The van der Waals surface area contributed by atoms with Crippen molar-refractivity contribution in [2.45, 2.75) is 20.3 Å². The van der Waals surface area contributed by atoms with Crippen molar-refractivity contribution >= 4 is 16.0 Å². The standard InChI is InChI=1S/C7H15NO4S/c1-3-5-13(10,11)8-6-7(9)12-4-2/h8H,3-6H2,1-2H3. The van der Waals surface area contributed by atoms with Gasteiger partial charge in [-0.3, -0.25) is 4.79 Å². The zero-order valence-corrected chi connectivity index (χ0v) is 8.69. The number of rotatable bonds is 6. The quantitative estimate of drug-likeness (QED) is 0.619. The zero-order chi connectivity index (χ0) is 10.3. The minimum absolute atomic E-state index is 0.0341. The summed E-state index contributed by atoms with van der Waals surface area (Å²) in [7, 11) is -3.30. The lowest BCUT2D eigenvalue weighted by Crippen LogP contribution is -2.32. The van der Waals surface area contributed by atoms with Crippen LogP contribution < -0.4 is 4.72 Å². The van der Waals surface area contributed by atoms with Crippen LogP contribution in [0.25, 0.3) is 0 Å². The summed E-state index contributed by atoms with van der Waals surface area (Å²) in [6, 6.07) is 0. The molecule has 13 heavy (non-hydrogen) atoms. The summed E-state index contributed by atoms with van der Waals surface area (Å²) >= 11 is 0. The first kappa shape index (κ1) is 12.4. The Hall–Kier alpha value is -0.620. The molecular weight excluding hydrogens is 194 g/mol. The van der Waals surface area contributed by atoms with Crippen LogP contribution in [0.4, 0.5) is 0 Å². The molecule has 0 aromatic rings. The Bertz CT molecular complexity index is 247. The second-order valence-electron chi connectivity index (χ2n) is 2.45. The molecule has 0 fully saturated rings. The molecule has 0 aliphatic carbocycles. The summed E-state index contributed by atoms with van der Waals surface area (Å²) in [5, 5.41) is 0. The lowest BCUT2D eigenvalue weighted by Gasteiger charge is -2.04. The SMILES string of the molecule is CCCS(=O)(=O)NCC(=O)OCC. The van der Waals surface area contributed by atoms with E-state index in [-0.39, 0.29) is 18.9 Å². The van der Waals surface area contributed by atoms with Gasteiger partial charge in [0.2, 0.25) is 10.0 Å². The van der Waals surface area contributed by atoms with Crippen molar-refractivity contribution in [1.29, 1.82) is 0 Å². The van der Waals surface area contributed by atoms with Gasteiger partial charge in [0, 0.05) is 0 Å². The zero-order valence-electron chi connectivity index (χ0n) is 7.87. The smallest absolute Gasteiger partial charge is 0.320 e. The van der Waals surface area contributed by atoms with Crippen LogP contribution in [0.2, 0.25) is 0 Å². The van der Waals surface area contributed by atoms with Crippen molar-refractivity contribution in [2.24, 2.45) is 0 Å². The Kier molecular flexibility index (Phi) is 5.65. The van der Waals surface area contributed by atoms with Crippen LogP contribution in [0.1, 0.15) is 20.3 Å². The van der Waals surface area contributed by atoms with E-state index in [9.17, 15) is 13.2 Å². The van der Waals surface area contributed by atoms with Gasteiger partial charge in [0.05, 0.1) is 12.4 Å². The van der Waals surface area contributed by atoms with Crippen molar-refractivity contribution < 1.29 is 17.9 Å². The lowest BCUT2D eigenvalue weighted by molar-refractivity contribution is -0.141. The maximum Gasteiger partial charge on any atom is 0.320 e. The van der Waals surface area contributed by atoms with E-state index in [2.05, 4.69) is 9.46 Å². The molecule has 0 spiro atoms. The highest BCUT2D eigenvalue weighted by Gasteiger charge is 2.10. The molecule has 0 radical (unpaired) electrons. The van der Waals surface area contributed by atoms with Gasteiger partial charge < -0.3 is 4.74 Å². The molecule has 5 nitrogen and oxygen atoms in total. The third-order valence-electron chi connectivity index (χ3n) is 1.21. The monoisotopic (exact) mass is 209 g/mol. The van der Waals surface area contributed by atoms with Gasteiger partial charge >= 0.3 is 5.97 Å². The van der Waals surface area contributed by atoms with Crippen LogP contribution in [0.3, 0.4) is 0 Å². The molecule has 0 aromatic carbocycles. The van der Waals surface area contributed by atoms with Crippen molar-refractivity contribution in [1.82, 2.24) is 4.72 Å². The molecule has 0 aliphatic heterocycles. The predicted octanol–water partition coefficient (Wildman–Crippen LogP) is -0.121. The van der Waals surface area contributed by atoms with E-state index in [1.807, 2.05) is 0 Å². The molecule has 0 amide bonds. The number of carbonyl (C=O) groups excluding carboxylic acids is 1. The Morgan fingerprint density at radius 1 is 1.38 bits per heavy atom. The molecule has 0 aromatic heterocycles. The minimum atomic E-state index is -3.30. The van der Waals surface area contributed by atoms with Gasteiger partial charge in [0.1, 0.15) is 6.54 Å². The summed E-state index contributed by atoms with van der Waals surface area (Å²) in [5.74, 6) is -0.519. The first-order chi connectivity index (χ1) is 6.02. The van der Waals surface area contributed by atoms with E-state index < -0.39 is 16.0 Å². The Labute approximate surface area is 78.5 Å². The fourth-order valence-electron chi connectivity index (χ4n) is 0.722. The normalized spacial score (nSPS) is 11.2. The van der Waals surface area contributed by atoms with Gasteiger partial charge in [0.25, 0.3) is 0 Å². The largest absolute Gasteiger partial charge is 0.465 e. The van der Waals surface area contributed by atoms with Crippen molar-refractivity contribution in [3.63, 3.8) is 0 Å². The van der Waals surface area contributed by atoms with Gasteiger partial charge in [-0.05, 0) is 13.3 Å². The Morgan fingerprint density at radius 2 is 2.00 bits per heavy atom. The highest BCUT2D eigenvalue weighted by Crippen LogP contribution is 1.87. The summed E-state index contributed by atoms with van der Waals surface area (Å²) in [6.07, 6.45) is 0.526. The average molecular weight is 209 g/mol. The fraction of sp³-hybridized carbons (Fsp3) is 0.857. The van der Waals surface area contributed by atoms with Crippen LogP contribution in [-0.2, 0) is 19.6 Å². The second-order valence-corrected chi connectivity index (χ2v) is 4.37. The number of nitrogens with one attached hydrogen (secondary N) is 1. The average Bonchev–Trinajstić information content (AvgIpc) is 2.02. The summed E-state index contributed by atoms with van der Waals surface area (Å²) in [6.45, 7) is 3.40. The highest BCUT2D eigenvalue weighted by atomic mass is 32.2. The van der Waals surface area contributed by atoms with Gasteiger partial charge in [-0.15, -0.1) is 0 Å². The van der Waals surface area contributed by atoms with Gasteiger partial charge in [-0.2, -0.15) is 0 Å². The third-order valence-corrected chi connectivity index (χ3v) is 2.74. The summed E-state index contributed by atoms with van der Waals surface area (Å²) in [4.78, 5) is 10.7. The van der Waals surface area contributed by atoms with Crippen molar-refractivity contribution in [2.75, 3.05) is 18.9 Å². The van der Waals surface area contributed by atoms with Gasteiger partial charge in [-0.1, -0.05) is 6.92 Å². The van der Waals surface area contributed by atoms with Crippen LogP contribution in [0, 0.1) is 0 Å². The molecule has 0 bridgehead atoms. The maximum atomic E-state index is 11.0. The molecule has 0 atom stereocenters. The molecule has 0 aliphatic rings. The Balaban J connectivity index is 3.81. The molecule has 0 heterocycles. The van der Waals surface area contributed by atoms with Gasteiger partial charge in [0.15, 0.2) is 0 Å². The topological polar surface area (TPSA) is 72.5 Å². The second kappa shape index (κ2) is 5.93. The van der Waals surface area contributed by atoms with E-state index in [4.69, 9.17) is 0 Å². The molecule has 0 saturated carbocycles. The minimum Gasteiger partial charge on any atom is -0.465 e. The lowest BCUT2D eigenvalue weighted by atomic mass is 10.6. The maximum absolute atomic E-state index is 11.0. The van der Waals surface area contributed by atoms with E-state index in [0.717, 1.165) is 0 Å². The molecule has 0 rings (SSSR count).